The van der Waals surface area contributed by atoms with Crippen LogP contribution in [0.2, 0.25) is 0 Å². The van der Waals surface area contributed by atoms with Crippen molar-refractivity contribution in [2.75, 3.05) is 13.1 Å². The zero-order valence-corrected chi connectivity index (χ0v) is 12.0. The van der Waals surface area contributed by atoms with Gasteiger partial charge in [0.25, 0.3) is 5.91 Å². The maximum absolute atomic E-state index is 12.4. The van der Waals surface area contributed by atoms with Gasteiger partial charge in [0.1, 0.15) is 0 Å². The average molecular weight is 300 g/mol. The largest absolute Gasteiger partial charge is 0.337 e. The maximum Gasteiger partial charge on any atom is 0.275 e. The Morgan fingerprint density at radius 3 is 2.29 bits per heavy atom. The minimum Gasteiger partial charge on any atom is -0.337 e. The SMILES string of the molecule is Cc1c(Br)c(C(=O)N2CCCCCC2)nn1C. The van der Waals surface area contributed by atoms with E-state index in [1.165, 1.54) is 12.8 Å². The zero-order chi connectivity index (χ0) is 12.4. The van der Waals surface area contributed by atoms with Crippen LogP contribution < -0.4 is 0 Å². The first-order chi connectivity index (χ1) is 8.11. The monoisotopic (exact) mass is 299 g/mol. The number of rotatable bonds is 1. The van der Waals surface area contributed by atoms with Gasteiger partial charge in [-0.1, -0.05) is 12.8 Å². The first-order valence-electron chi connectivity index (χ1n) is 6.09. The van der Waals surface area contributed by atoms with Crippen LogP contribution in [0.3, 0.4) is 0 Å². The summed E-state index contributed by atoms with van der Waals surface area (Å²) in [6.45, 7) is 3.68. The molecule has 2 heterocycles. The summed E-state index contributed by atoms with van der Waals surface area (Å²) in [5.74, 6) is 0.0578. The fourth-order valence-corrected chi connectivity index (χ4v) is 2.65. The molecule has 5 heteroatoms. The Balaban J connectivity index is 2.20. The van der Waals surface area contributed by atoms with Gasteiger partial charge in [-0.2, -0.15) is 5.10 Å². The molecule has 1 fully saturated rings. The van der Waals surface area contributed by atoms with Gasteiger partial charge in [0.2, 0.25) is 0 Å². The number of hydrogen-bond donors (Lipinski definition) is 0. The molecule has 0 aliphatic carbocycles. The van der Waals surface area contributed by atoms with Gasteiger partial charge in [-0.3, -0.25) is 9.48 Å². The van der Waals surface area contributed by atoms with Gasteiger partial charge in [0, 0.05) is 20.1 Å². The normalized spacial score (nSPS) is 17.0. The fraction of sp³-hybridized carbons (Fsp3) is 0.667. The summed E-state index contributed by atoms with van der Waals surface area (Å²) < 4.78 is 2.57. The number of aryl methyl sites for hydroxylation is 1. The van der Waals surface area contributed by atoms with E-state index in [-0.39, 0.29) is 5.91 Å². The lowest BCUT2D eigenvalue weighted by Gasteiger charge is -2.19. The van der Waals surface area contributed by atoms with Gasteiger partial charge >= 0.3 is 0 Å². The predicted molar refractivity (Wildman–Crippen MR) is 70.0 cm³/mol. The van der Waals surface area contributed by atoms with Crippen LogP contribution in [0, 0.1) is 6.92 Å². The van der Waals surface area contributed by atoms with E-state index in [4.69, 9.17) is 0 Å². The van der Waals surface area contributed by atoms with E-state index >= 15 is 0 Å². The Kier molecular flexibility index (Phi) is 3.86. The molecule has 17 heavy (non-hydrogen) atoms. The van der Waals surface area contributed by atoms with Crippen molar-refractivity contribution in [1.82, 2.24) is 14.7 Å². The van der Waals surface area contributed by atoms with E-state index in [1.807, 2.05) is 18.9 Å². The Morgan fingerprint density at radius 2 is 1.82 bits per heavy atom. The molecule has 1 aliphatic rings. The number of amides is 1. The highest BCUT2D eigenvalue weighted by Gasteiger charge is 2.23. The summed E-state index contributed by atoms with van der Waals surface area (Å²) in [6, 6.07) is 0. The molecule has 1 saturated heterocycles. The molecule has 0 aromatic carbocycles. The van der Waals surface area contributed by atoms with Crippen molar-refractivity contribution in [3.63, 3.8) is 0 Å². The van der Waals surface area contributed by atoms with Crippen LogP contribution in [0.5, 0.6) is 0 Å². The molecule has 1 aromatic rings. The number of aromatic nitrogens is 2. The first-order valence-corrected chi connectivity index (χ1v) is 6.89. The topological polar surface area (TPSA) is 38.1 Å². The van der Waals surface area contributed by atoms with Crippen LogP contribution >= 0.6 is 15.9 Å². The minimum absolute atomic E-state index is 0.0578. The maximum atomic E-state index is 12.4. The van der Waals surface area contributed by atoms with Crippen molar-refractivity contribution in [3.8, 4) is 0 Å². The molecular weight excluding hydrogens is 282 g/mol. The molecule has 0 N–H and O–H groups in total. The molecule has 0 bridgehead atoms. The number of halogens is 1. The van der Waals surface area contributed by atoms with E-state index in [1.54, 1.807) is 4.68 Å². The van der Waals surface area contributed by atoms with Crippen molar-refractivity contribution in [2.45, 2.75) is 32.6 Å². The van der Waals surface area contributed by atoms with Crippen LogP contribution in [0.1, 0.15) is 41.9 Å². The van der Waals surface area contributed by atoms with Crippen LogP contribution in [0.4, 0.5) is 0 Å². The van der Waals surface area contributed by atoms with E-state index in [2.05, 4.69) is 21.0 Å². The molecule has 4 nitrogen and oxygen atoms in total. The van der Waals surface area contributed by atoms with Crippen LogP contribution in [0.25, 0.3) is 0 Å². The second-order valence-electron chi connectivity index (χ2n) is 4.58. The van der Waals surface area contributed by atoms with Crippen molar-refractivity contribution >= 4 is 21.8 Å². The van der Waals surface area contributed by atoms with Gasteiger partial charge in [0.15, 0.2) is 5.69 Å². The summed E-state index contributed by atoms with van der Waals surface area (Å²) in [6.07, 6.45) is 4.67. The highest BCUT2D eigenvalue weighted by Crippen LogP contribution is 2.22. The highest BCUT2D eigenvalue weighted by molar-refractivity contribution is 9.10. The Labute approximate surface area is 110 Å². The van der Waals surface area contributed by atoms with Crippen molar-refractivity contribution in [2.24, 2.45) is 7.05 Å². The molecule has 1 amide bonds. The van der Waals surface area contributed by atoms with Crippen molar-refractivity contribution in [3.05, 3.63) is 15.9 Å². The van der Waals surface area contributed by atoms with E-state index < -0.39 is 0 Å². The third kappa shape index (κ3) is 2.54. The first kappa shape index (κ1) is 12.6. The van der Waals surface area contributed by atoms with Gasteiger partial charge < -0.3 is 4.90 Å². The number of nitrogens with zero attached hydrogens (tertiary/aromatic N) is 3. The van der Waals surface area contributed by atoms with E-state index in [0.717, 1.165) is 36.1 Å². The number of carbonyl (C=O) groups excluding carboxylic acids is 1. The molecule has 0 unspecified atom stereocenters. The molecule has 2 rings (SSSR count). The van der Waals surface area contributed by atoms with Gasteiger partial charge in [-0.25, -0.2) is 0 Å². The summed E-state index contributed by atoms with van der Waals surface area (Å²) in [5, 5.41) is 4.29. The van der Waals surface area contributed by atoms with Crippen LogP contribution in [0.15, 0.2) is 4.47 Å². The van der Waals surface area contributed by atoms with Crippen LogP contribution in [-0.2, 0) is 7.05 Å². The average Bonchev–Trinajstić information content (AvgIpc) is 2.57. The molecule has 0 saturated carbocycles. The molecule has 94 valence electrons. The lowest BCUT2D eigenvalue weighted by molar-refractivity contribution is 0.0754. The van der Waals surface area contributed by atoms with Gasteiger partial charge in [0.05, 0.1) is 10.2 Å². The molecular formula is C12H18BrN3O. The third-order valence-corrected chi connectivity index (χ3v) is 4.31. The second kappa shape index (κ2) is 5.21. The smallest absolute Gasteiger partial charge is 0.275 e. The molecule has 0 radical (unpaired) electrons. The van der Waals surface area contributed by atoms with Crippen molar-refractivity contribution < 1.29 is 4.79 Å². The van der Waals surface area contributed by atoms with E-state index in [0.29, 0.717) is 5.69 Å². The van der Waals surface area contributed by atoms with Crippen LogP contribution in [-0.4, -0.2) is 33.7 Å². The predicted octanol–water partition coefficient (Wildman–Crippen LogP) is 2.51. The Hall–Kier alpha value is -0.840. The summed E-state index contributed by atoms with van der Waals surface area (Å²) in [7, 11) is 1.86. The summed E-state index contributed by atoms with van der Waals surface area (Å²) >= 11 is 3.46. The molecule has 1 aromatic heterocycles. The Bertz CT molecular complexity index is 420. The van der Waals surface area contributed by atoms with Gasteiger partial charge in [-0.05, 0) is 35.7 Å². The number of carbonyl (C=O) groups is 1. The number of likely N-dealkylation sites (tertiary alicyclic amines) is 1. The zero-order valence-electron chi connectivity index (χ0n) is 10.4. The van der Waals surface area contributed by atoms with Crippen molar-refractivity contribution in [1.29, 1.82) is 0 Å². The van der Waals surface area contributed by atoms with E-state index in [9.17, 15) is 4.79 Å². The number of hydrogen-bond acceptors (Lipinski definition) is 2. The lowest BCUT2D eigenvalue weighted by atomic mass is 10.2. The minimum atomic E-state index is 0.0578. The summed E-state index contributed by atoms with van der Waals surface area (Å²) in [5.41, 5.74) is 1.54. The molecule has 0 atom stereocenters. The Morgan fingerprint density at radius 1 is 1.24 bits per heavy atom. The summed E-state index contributed by atoms with van der Waals surface area (Å²) in [4.78, 5) is 14.3. The standard InChI is InChI=1S/C12H18BrN3O/c1-9-10(13)11(14-15(9)2)12(17)16-7-5-3-4-6-8-16/h3-8H2,1-2H3. The quantitative estimate of drug-likeness (QED) is 0.799. The highest BCUT2D eigenvalue weighted by atomic mass is 79.9. The second-order valence-corrected chi connectivity index (χ2v) is 5.37. The lowest BCUT2D eigenvalue weighted by Crippen LogP contribution is -2.32. The molecule has 1 aliphatic heterocycles. The van der Waals surface area contributed by atoms with Gasteiger partial charge in [-0.15, -0.1) is 0 Å². The fourth-order valence-electron chi connectivity index (χ4n) is 2.14. The molecule has 0 spiro atoms. The third-order valence-electron chi connectivity index (χ3n) is 3.36.